The van der Waals surface area contributed by atoms with Crippen LogP contribution >= 0.6 is 11.3 Å². The van der Waals surface area contributed by atoms with E-state index < -0.39 is 0 Å². The highest BCUT2D eigenvalue weighted by Gasteiger charge is 2.21. The van der Waals surface area contributed by atoms with Gasteiger partial charge in [-0.2, -0.15) is 0 Å². The third-order valence-electron chi connectivity index (χ3n) is 4.66. The van der Waals surface area contributed by atoms with Gasteiger partial charge in [-0.3, -0.25) is 4.79 Å². The number of nitrogens with zero attached hydrogens (tertiary/aromatic N) is 6. The lowest BCUT2D eigenvalue weighted by atomic mass is 10.2. The van der Waals surface area contributed by atoms with Crippen molar-refractivity contribution in [2.45, 2.75) is 0 Å². The van der Waals surface area contributed by atoms with Gasteiger partial charge in [0.25, 0.3) is 0 Å². The van der Waals surface area contributed by atoms with Gasteiger partial charge in [0.15, 0.2) is 0 Å². The predicted octanol–water partition coefficient (Wildman–Crippen LogP) is 1.67. The van der Waals surface area contributed by atoms with Crippen LogP contribution in [0.25, 0.3) is 16.2 Å². The minimum atomic E-state index is 0.151. The summed E-state index contributed by atoms with van der Waals surface area (Å²) >= 11 is 1.50. The number of imidazole rings is 1. The second-order valence-corrected chi connectivity index (χ2v) is 7.58. The molecule has 1 saturated heterocycles. The Balaban J connectivity index is 1.45. The van der Waals surface area contributed by atoms with Crippen LogP contribution in [0.5, 0.6) is 0 Å². The largest absolute Gasteiger partial charge is 0.340 e. The van der Waals surface area contributed by atoms with Gasteiger partial charge in [-0.15, -0.1) is 5.10 Å². The number of amides is 1. The van der Waals surface area contributed by atoms with Crippen molar-refractivity contribution in [2.24, 2.45) is 0 Å². The summed E-state index contributed by atoms with van der Waals surface area (Å²) in [5, 5.41) is 5.39. The zero-order valence-corrected chi connectivity index (χ0v) is 15.8. The van der Waals surface area contributed by atoms with Gasteiger partial charge in [0.05, 0.1) is 18.4 Å². The summed E-state index contributed by atoms with van der Waals surface area (Å²) in [7, 11) is 3.99. The third-order valence-corrected chi connectivity index (χ3v) is 5.69. The zero-order valence-electron chi connectivity index (χ0n) is 15.0. The first-order valence-corrected chi connectivity index (χ1v) is 9.51. The molecule has 8 heteroatoms. The molecule has 4 rings (SSSR count). The van der Waals surface area contributed by atoms with Crippen molar-refractivity contribution in [3.63, 3.8) is 0 Å². The number of carbonyl (C=O) groups excluding carboxylic acids is 1. The van der Waals surface area contributed by atoms with E-state index in [1.165, 1.54) is 11.3 Å². The van der Waals surface area contributed by atoms with E-state index in [4.69, 9.17) is 0 Å². The van der Waals surface area contributed by atoms with Gasteiger partial charge in [0, 0.05) is 38.8 Å². The molecule has 26 heavy (non-hydrogen) atoms. The topological polar surface area (TPSA) is 57.0 Å². The lowest BCUT2D eigenvalue weighted by Gasteiger charge is -2.33. The summed E-state index contributed by atoms with van der Waals surface area (Å²) in [4.78, 5) is 24.1. The molecule has 1 amide bonds. The molecule has 2 aromatic heterocycles. The highest BCUT2D eigenvalue weighted by Crippen LogP contribution is 2.26. The number of hydrogen-bond acceptors (Lipinski definition) is 6. The van der Waals surface area contributed by atoms with E-state index in [-0.39, 0.29) is 5.91 Å². The Morgan fingerprint density at radius 2 is 1.92 bits per heavy atom. The van der Waals surface area contributed by atoms with Gasteiger partial charge in [-0.25, -0.2) is 9.50 Å². The second kappa shape index (κ2) is 7.05. The van der Waals surface area contributed by atoms with Gasteiger partial charge in [-0.1, -0.05) is 41.7 Å². The molecular formula is C18H22N6OS. The molecule has 0 radical (unpaired) electrons. The Hall–Kier alpha value is -2.45. The number of anilines is 1. The van der Waals surface area contributed by atoms with E-state index in [2.05, 4.69) is 22.0 Å². The van der Waals surface area contributed by atoms with Crippen LogP contribution in [0.4, 0.5) is 5.13 Å². The molecule has 0 saturated carbocycles. The molecule has 136 valence electrons. The molecule has 7 nitrogen and oxygen atoms in total. The average Bonchev–Trinajstić information content (AvgIpc) is 3.22. The molecule has 3 aromatic rings. The maximum Gasteiger partial charge on any atom is 0.242 e. The highest BCUT2D eigenvalue weighted by molar-refractivity contribution is 7.20. The number of benzene rings is 1. The monoisotopic (exact) mass is 370 g/mol. The first-order valence-electron chi connectivity index (χ1n) is 8.69. The Labute approximate surface area is 156 Å². The number of fused-ring (bicyclic) bond motifs is 1. The third kappa shape index (κ3) is 3.42. The molecule has 3 heterocycles. The molecule has 0 aliphatic carbocycles. The van der Waals surface area contributed by atoms with Crippen LogP contribution in [-0.4, -0.2) is 77.1 Å². The number of aromatic nitrogens is 3. The van der Waals surface area contributed by atoms with E-state index in [0.29, 0.717) is 6.54 Å². The molecule has 0 spiro atoms. The molecule has 0 bridgehead atoms. The first kappa shape index (κ1) is 17.0. The molecule has 1 aliphatic heterocycles. The van der Waals surface area contributed by atoms with Crippen LogP contribution in [0.2, 0.25) is 0 Å². The standard InChI is InChI=1S/C18H22N6OS/c1-21-8-10-23(11-9-21)16(25)13-22(2)18-20-24-12-15(19-17(24)26-18)14-6-4-3-5-7-14/h3-7,12H,8-11,13H2,1-2H3. The zero-order chi connectivity index (χ0) is 18.1. The normalized spacial score (nSPS) is 15.5. The molecule has 1 aromatic carbocycles. The maximum atomic E-state index is 12.5. The summed E-state index contributed by atoms with van der Waals surface area (Å²) in [5.41, 5.74) is 1.98. The van der Waals surface area contributed by atoms with E-state index in [1.807, 2.05) is 53.4 Å². The number of likely N-dealkylation sites (N-methyl/N-ethyl adjacent to an activating group) is 2. The van der Waals surface area contributed by atoms with Crippen molar-refractivity contribution in [3.05, 3.63) is 36.5 Å². The van der Waals surface area contributed by atoms with Gasteiger partial charge in [-0.05, 0) is 7.05 Å². The van der Waals surface area contributed by atoms with E-state index in [0.717, 1.165) is 47.5 Å². The van der Waals surface area contributed by atoms with Crippen LogP contribution in [0.1, 0.15) is 0 Å². The van der Waals surface area contributed by atoms with Crippen LogP contribution in [-0.2, 0) is 4.79 Å². The van der Waals surface area contributed by atoms with Gasteiger partial charge >= 0.3 is 0 Å². The lowest BCUT2D eigenvalue weighted by Crippen LogP contribution is -2.49. The van der Waals surface area contributed by atoms with Crippen LogP contribution in [0.3, 0.4) is 0 Å². The number of piperazine rings is 1. The van der Waals surface area contributed by atoms with Crippen molar-refractivity contribution in [3.8, 4) is 11.3 Å². The molecule has 0 atom stereocenters. The molecule has 0 N–H and O–H groups in total. The van der Waals surface area contributed by atoms with Crippen LogP contribution in [0, 0.1) is 0 Å². The average molecular weight is 370 g/mol. The number of carbonyl (C=O) groups is 1. The van der Waals surface area contributed by atoms with E-state index in [1.54, 1.807) is 4.52 Å². The minimum absolute atomic E-state index is 0.151. The molecule has 1 aliphatic rings. The Kier molecular flexibility index (Phi) is 4.60. The van der Waals surface area contributed by atoms with Crippen molar-refractivity contribution >= 4 is 27.3 Å². The number of rotatable bonds is 4. The van der Waals surface area contributed by atoms with Gasteiger partial charge in [0.2, 0.25) is 16.0 Å². The molecule has 0 unspecified atom stereocenters. The summed E-state index contributed by atoms with van der Waals surface area (Å²) in [6, 6.07) is 10.1. The highest BCUT2D eigenvalue weighted by atomic mass is 32.1. The van der Waals surface area contributed by atoms with Crippen molar-refractivity contribution in [1.82, 2.24) is 24.4 Å². The van der Waals surface area contributed by atoms with Crippen molar-refractivity contribution in [1.29, 1.82) is 0 Å². The quantitative estimate of drug-likeness (QED) is 0.699. The fourth-order valence-electron chi connectivity index (χ4n) is 3.02. The lowest BCUT2D eigenvalue weighted by molar-refractivity contribution is -0.131. The fourth-order valence-corrected chi connectivity index (χ4v) is 3.86. The predicted molar refractivity (Wildman–Crippen MR) is 104 cm³/mol. The summed E-state index contributed by atoms with van der Waals surface area (Å²) in [6.07, 6.45) is 1.93. The van der Waals surface area contributed by atoms with E-state index >= 15 is 0 Å². The minimum Gasteiger partial charge on any atom is -0.340 e. The van der Waals surface area contributed by atoms with Gasteiger partial charge < -0.3 is 14.7 Å². The first-order chi connectivity index (χ1) is 12.6. The fraction of sp³-hybridized carbons (Fsp3) is 0.389. The molecular weight excluding hydrogens is 348 g/mol. The van der Waals surface area contributed by atoms with Crippen LogP contribution < -0.4 is 4.90 Å². The van der Waals surface area contributed by atoms with Gasteiger partial charge in [0.1, 0.15) is 0 Å². The Morgan fingerprint density at radius 1 is 1.19 bits per heavy atom. The van der Waals surface area contributed by atoms with E-state index in [9.17, 15) is 4.79 Å². The number of hydrogen-bond donors (Lipinski definition) is 0. The summed E-state index contributed by atoms with van der Waals surface area (Å²) in [5.74, 6) is 0.151. The van der Waals surface area contributed by atoms with Crippen molar-refractivity contribution in [2.75, 3.05) is 51.7 Å². The summed E-state index contributed by atoms with van der Waals surface area (Å²) in [6.45, 7) is 3.80. The van der Waals surface area contributed by atoms with Crippen LogP contribution in [0.15, 0.2) is 36.5 Å². The second-order valence-electron chi connectivity index (χ2n) is 6.64. The van der Waals surface area contributed by atoms with Crippen molar-refractivity contribution < 1.29 is 4.79 Å². The smallest absolute Gasteiger partial charge is 0.242 e. The Morgan fingerprint density at radius 3 is 2.62 bits per heavy atom. The Bertz CT molecular complexity index is 865. The molecule has 1 fully saturated rings. The SMILES string of the molecule is CN1CCN(C(=O)CN(C)c2nn3cc(-c4ccccc4)nc3s2)CC1. The summed E-state index contributed by atoms with van der Waals surface area (Å²) < 4.78 is 1.79. The maximum absolute atomic E-state index is 12.5.